The molecule has 1 aromatic heterocycles. The number of halogens is 1. The fourth-order valence-corrected chi connectivity index (χ4v) is 2.19. The first-order valence-electron chi connectivity index (χ1n) is 6.41. The summed E-state index contributed by atoms with van der Waals surface area (Å²) in [5.74, 6) is 0.0113. The van der Waals surface area contributed by atoms with Crippen LogP contribution in [-0.2, 0) is 9.53 Å². The summed E-state index contributed by atoms with van der Waals surface area (Å²) in [4.78, 5) is 18.2. The van der Waals surface area contributed by atoms with Crippen LogP contribution in [0, 0.1) is 0 Å². The second-order valence-electron chi connectivity index (χ2n) is 4.40. The molecule has 1 atom stereocenters. The van der Waals surface area contributed by atoms with Crippen molar-refractivity contribution >= 4 is 18.3 Å². The second kappa shape index (κ2) is 8.68. The highest BCUT2D eigenvalue weighted by Crippen LogP contribution is 2.21. The molecule has 0 saturated carbocycles. The molecule has 1 N–H and O–H groups in total. The SMILES string of the molecule is C=CCOCC(=O)N1CCNCC1c1cccnc1.Cl. The van der Waals surface area contributed by atoms with E-state index in [9.17, 15) is 4.79 Å². The summed E-state index contributed by atoms with van der Waals surface area (Å²) >= 11 is 0. The number of nitrogens with one attached hydrogen (secondary N) is 1. The third-order valence-electron chi connectivity index (χ3n) is 3.09. The summed E-state index contributed by atoms with van der Waals surface area (Å²) in [5, 5.41) is 3.31. The number of amides is 1. The van der Waals surface area contributed by atoms with Gasteiger partial charge in [-0.05, 0) is 11.6 Å². The van der Waals surface area contributed by atoms with Crippen LogP contribution >= 0.6 is 12.4 Å². The lowest BCUT2D eigenvalue weighted by atomic mass is 10.1. The molecule has 1 aliphatic heterocycles. The fourth-order valence-electron chi connectivity index (χ4n) is 2.19. The van der Waals surface area contributed by atoms with Gasteiger partial charge in [-0.2, -0.15) is 0 Å². The first-order chi connectivity index (χ1) is 9.33. The number of hydrogen-bond acceptors (Lipinski definition) is 4. The van der Waals surface area contributed by atoms with Crippen molar-refractivity contribution in [1.29, 1.82) is 0 Å². The fraction of sp³-hybridized carbons (Fsp3) is 0.429. The van der Waals surface area contributed by atoms with Crippen molar-refractivity contribution in [3.63, 3.8) is 0 Å². The Labute approximate surface area is 125 Å². The molecular weight excluding hydrogens is 278 g/mol. The normalized spacial score (nSPS) is 18.2. The highest BCUT2D eigenvalue weighted by atomic mass is 35.5. The van der Waals surface area contributed by atoms with Gasteiger partial charge >= 0.3 is 0 Å². The minimum atomic E-state index is 0. The number of carbonyl (C=O) groups excluding carboxylic acids is 1. The monoisotopic (exact) mass is 297 g/mol. The molecule has 110 valence electrons. The van der Waals surface area contributed by atoms with E-state index in [0.29, 0.717) is 13.2 Å². The van der Waals surface area contributed by atoms with Gasteiger partial charge in [0.1, 0.15) is 6.61 Å². The number of aromatic nitrogens is 1. The van der Waals surface area contributed by atoms with Crippen LogP contribution in [0.4, 0.5) is 0 Å². The Hall–Kier alpha value is -1.43. The first-order valence-corrected chi connectivity index (χ1v) is 6.41. The van der Waals surface area contributed by atoms with Gasteiger partial charge in [-0.25, -0.2) is 0 Å². The number of pyridine rings is 1. The van der Waals surface area contributed by atoms with E-state index in [4.69, 9.17) is 4.74 Å². The lowest BCUT2D eigenvalue weighted by Gasteiger charge is -2.36. The largest absolute Gasteiger partial charge is 0.368 e. The number of ether oxygens (including phenoxy) is 1. The minimum absolute atomic E-state index is 0. The van der Waals surface area contributed by atoms with Crippen molar-refractivity contribution < 1.29 is 9.53 Å². The van der Waals surface area contributed by atoms with E-state index in [1.54, 1.807) is 12.3 Å². The summed E-state index contributed by atoms with van der Waals surface area (Å²) in [6.45, 7) is 6.31. The average molecular weight is 298 g/mol. The first kappa shape index (κ1) is 16.6. The van der Waals surface area contributed by atoms with Crippen LogP contribution in [-0.4, -0.2) is 48.6 Å². The van der Waals surface area contributed by atoms with Crippen LogP contribution in [0.2, 0.25) is 0 Å². The van der Waals surface area contributed by atoms with Gasteiger partial charge in [0.2, 0.25) is 5.91 Å². The zero-order valence-corrected chi connectivity index (χ0v) is 12.1. The van der Waals surface area contributed by atoms with E-state index in [1.165, 1.54) is 0 Å². The van der Waals surface area contributed by atoms with Gasteiger partial charge in [-0.3, -0.25) is 9.78 Å². The van der Waals surface area contributed by atoms with Gasteiger partial charge in [0, 0.05) is 32.0 Å². The molecule has 2 rings (SSSR count). The van der Waals surface area contributed by atoms with Crippen LogP contribution < -0.4 is 5.32 Å². The maximum absolute atomic E-state index is 12.2. The summed E-state index contributed by atoms with van der Waals surface area (Å²) in [5.41, 5.74) is 1.05. The summed E-state index contributed by atoms with van der Waals surface area (Å²) in [6.07, 6.45) is 5.19. The number of piperazine rings is 1. The molecule has 0 aromatic carbocycles. The maximum Gasteiger partial charge on any atom is 0.249 e. The molecule has 0 bridgehead atoms. The molecule has 5 nitrogen and oxygen atoms in total. The predicted molar refractivity (Wildman–Crippen MR) is 79.8 cm³/mol. The molecular formula is C14H20ClN3O2. The van der Waals surface area contributed by atoms with Gasteiger partial charge in [0.15, 0.2) is 0 Å². The molecule has 0 spiro atoms. The Bertz CT molecular complexity index is 428. The Balaban J connectivity index is 0.00000200. The number of hydrogen-bond donors (Lipinski definition) is 1. The van der Waals surface area contributed by atoms with Crippen molar-refractivity contribution in [2.24, 2.45) is 0 Å². The lowest BCUT2D eigenvalue weighted by Crippen LogP contribution is -2.49. The van der Waals surface area contributed by atoms with Gasteiger partial charge in [0.25, 0.3) is 0 Å². The highest BCUT2D eigenvalue weighted by Gasteiger charge is 2.27. The van der Waals surface area contributed by atoms with Crippen molar-refractivity contribution in [3.8, 4) is 0 Å². The third kappa shape index (κ3) is 4.30. The van der Waals surface area contributed by atoms with Crippen LogP contribution in [0.15, 0.2) is 37.2 Å². The smallest absolute Gasteiger partial charge is 0.249 e. The van der Waals surface area contributed by atoms with Crippen LogP contribution in [0.1, 0.15) is 11.6 Å². The number of rotatable bonds is 5. The van der Waals surface area contributed by atoms with E-state index < -0.39 is 0 Å². The Kier molecular flexibility index (Phi) is 7.22. The molecule has 1 fully saturated rings. The molecule has 0 aliphatic carbocycles. The zero-order chi connectivity index (χ0) is 13.5. The summed E-state index contributed by atoms with van der Waals surface area (Å²) < 4.78 is 5.24. The molecule has 1 amide bonds. The average Bonchev–Trinajstić information content (AvgIpc) is 2.48. The van der Waals surface area contributed by atoms with Gasteiger partial charge < -0.3 is 15.0 Å². The second-order valence-corrected chi connectivity index (χ2v) is 4.40. The third-order valence-corrected chi connectivity index (χ3v) is 3.09. The highest BCUT2D eigenvalue weighted by molar-refractivity contribution is 5.85. The van der Waals surface area contributed by atoms with Crippen molar-refractivity contribution in [1.82, 2.24) is 15.2 Å². The van der Waals surface area contributed by atoms with Crippen LogP contribution in [0.25, 0.3) is 0 Å². The molecule has 1 aliphatic rings. The van der Waals surface area contributed by atoms with E-state index in [0.717, 1.165) is 18.7 Å². The number of nitrogens with zero attached hydrogens (tertiary/aromatic N) is 2. The lowest BCUT2D eigenvalue weighted by molar-refractivity contribution is -0.139. The van der Waals surface area contributed by atoms with Crippen molar-refractivity contribution in [2.75, 3.05) is 32.8 Å². The van der Waals surface area contributed by atoms with Crippen molar-refractivity contribution in [2.45, 2.75) is 6.04 Å². The summed E-state index contributed by atoms with van der Waals surface area (Å²) in [6, 6.07) is 3.92. The standard InChI is InChI=1S/C14H19N3O2.ClH/c1-2-8-19-11-14(18)17-7-6-16-10-13(17)12-4-3-5-15-9-12;/h2-5,9,13,16H,1,6-8,10-11H2;1H. The van der Waals surface area contributed by atoms with Gasteiger partial charge in [0.05, 0.1) is 12.6 Å². The molecule has 2 heterocycles. The van der Waals surface area contributed by atoms with E-state index in [2.05, 4.69) is 16.9 Å². The maximum atomic E-state index is 12.2. The Morgan fingerprint density at radius 2 is 2.50 bits per heavy atom. The molecule has 6 heteroatoms. The van der Waals surface area contributed by atoms with E-state index in [-0.39, 0.29) is 31.0 Å². The Morgan fingerprint density at radius 3 is 3.20 bits per heavy atom. The van der Waals surface area contributed by atoms with Crippen molar-refractivity contribution in [3.05, 3.63) is 42.7 Å². The minimum Gasteiger partial charge on any atom is -0.368 e. The molecule has 1 saturated heterocycles. The van der Waals surface area contributed by atoms with Gasteiger partial charge in [-0.1, -0.05) is 12.1 Å². The topological polar surface area (TPSA) is 54.5 Å². The predicted octanol–water partition coefficient (Wildman–Crippen LogP) is 1.18. The van der Waals surface area contributed by atoms with Gasteiger partial charge in [-0.15, -0.1) is 19.0 Å². The van der Waals surface area contributed by atoms with E-state index in [1.807, 2.05) is 23.2 Å². The number of carbonyl (C=O) groups is 1. The van der Waals surface area contributed by atoms with E-state index >= 15 is 0 Å². The Morgan fingerprint density at radius 1 is 1.65 bits per heavy atom. The molecule has 0 radical (unpaired) electrons. The zero-order valence-electron chi connectivity index (χ0n) is 11.3. The van der Waals surface area contributed by atoms with Crippen LogP contribution in [0.3, 0.4) is 0 Å². The van der Waals surface area contributed by atoms with Crippen LogP contribution in [0.5, 0.6) is 0 Å². The summed E-state index contributed by atoms with van der Waals surface area (Å²) in [7, 11) is 0. The quantitative estimate of drug-likeness (QED) is 0.655. The molecule has 1 aromatic rings. The molecule has 20 heavy (non-hydrogen) atoms. The molecule has 1 unspecified atom stereocenters.